The lowest BCUT2D eigenvalue weighted by molar-refractivity contribution is 0.393. The van der Waals surface area contributed by atoms with Gasteiger partial charge in [-0.3, -0.25) is 9.36 Å². The van der Waals surface area contributed by atoms with E-state index in [0.717, 1.165) is 40.9 Å². The molecule has 0 aliphatic heterocycles. The molecule has 124 valence electrons. The Morgan fingerprint density at radius 1 is 1.50 bits per heavy atom. The highest BCUT2D eigenvalue weighted by molar-refractivity contribution is 7.98. The average Bonchev–Trinajstić information content (AvgIpc) is 3.24. The minimum Gasteiger partial charge on any atom is -0.361 e. The van der Waals surface area contributed by atoms with Gasteiger partial charge < -0.3 is 4.52 Å². The first-order chi connectivity index (χ1) is 11.7. The second-order valence-corrected chi connectivity index (χ2v) is 7.88. The fraction of sp³-hybridized carbons (Fsp3) is 0.353. The Kier molecular flexibility index (Phi) is 4.05. The van der Waals surface area contributed by atoms with Gasteiger partial charge in [-0.2, -0.15) is 0 Å². The van der Waals surface area contributed by atoms with Crippen LogP contribution in [0.25, 0.3) is 10.2 Å². The van der Waals surface area contributed by atoms with E-state index in [1.807, 2.05) is 13.0 Å². The van der Waals surface area contributed by atoms with Gasteiger partial charge in [-0.15, -0.1) is 17.9 Å². The van der Waals surface area contributed by atoms with E-state index in [9.17, 15) is 4.79 Å². The summed E-state index contributed by atoms with van der Waals surface area (Å²) in [7, 11) is 0. The van der Waals surface area contributed by atoms with Gasteiger partial charge in [0, 0.05) is 23.2 Å². The van der Waals surface area contributed by atoms with Crippen LogP contribution >= 0.6 is 23.1 Å². The van der Waals surface area contributed by atoms with E-state index in [1.165, 1.54) is 22.2 Å². The number of allylic oxidation sites excluding steroid dienone is 1. The molecule has 5 nitrogen and oxygen atoms in total. The molecule has 0 atom stereocenters. The largest absolute Gasteiger partial charge is 0.361 e. The number of thiophene rings is 1. The molecule has 0 amide bonds. The maximum absolute atomic E-state index is 13.0. The molecule has 24 heavy (non-hydrogen) atoms. The van der Waals surface area contributed by atoms with Gasteiger partial charge in [0.25, 0.3) is 5.56 Å². The summed E-state index contributed by atoms with van der Waals surface area (Å²) in [5.41, 5.74) is 2.12. The van der Waals surface area contributed by atoms with Gasteiger partial charge in [0.05, 0.1) is 11.1 Å². The third-order valence-electron chi connectivity index (χ3n) is 4.13. The van der Waals surface area contributed by atoms with Crippen molar-refractivity contribution >= 4 is 33.3 Å². The molecule has 0 fully saturated rings. The molecule has 1 aliphatic rings. The first-order valence-electron chi connectivity index (χ1n) is 7.88. The number of aromatic nitrogens is 3. The lowest BCUT2D eigenvalue weighted by Crippen LogP contribution is -2.22. The van der Waals surface area contributed by atoms with E-state index >= 15 is 0 Å². The highest BCUT2D eigenvalue weighted by Gasteiger charge is 2.23. The van der Waals surface area contributed by atoms with Crippen LogP contribution in [0.2, 0.25) is 0 Å². The van der Waals surface area contributed by atoms with E-state index in [0.29, 0.717) is 17.5 Å². The predicted molar refractivity (Wildman–Crippen MR) is 96.9 cm³/mol. The zero-order chi connectivity index (χ0) is 16.7. The van der Waals surface area contributed by atoms with Crippen molar-refractivity contribution in [3.05, 3.63) is 51.0 Å². The summed E-state index contributed by atoms with van der Waals surface area (Å²) >= 11 is 3.18. The van der Waals surface area contributed by atoms with Crippen LogP contribution in [0, 0.1) is 6.92 Å². The predicted octanol–water partition coefficient (Wildman–Crippen LogP) is 3.72. The minimum atomic E-state index is 0.0538. The van der Waals surface area contributed by atoms with Gasteiger partial charge in [-0.25, -0.2) is 4.98 Å². The second-order valence-electron chi connectivity index (χ2n) is 5.85. The lowest BCUT2D eigenvalue weighted by Gasteiger charge is -2.09. The maximum atomic E-state index is 13.0. The van der Waals surface area contributed by atoms with Crippen LogP contribution in [0.1, 0.15) is 28.3 Å². The molecule has 0 radical (unpaired) electrons. The standard InChI is InChI=1S/C17H17N3O2S2/c1-3-7-20-16(21)14-12-5-4-6-13(12)24-15(14)18-17(20)23-9-11-8-10(2)22-19-11/h3,8H,1,4-7,9H2,2H3. The minimum absolute atomic E-state index is 0.0538. The van der Waals surface area contributed by atoms with Gasteiger partial charge in [-0.05, 0) is 31.7 Å². The fourth-order valence-electron chi connectivity index (χ4n) is 3.08. The Labute approximate surface area is 147 Å². The fourth-order valence-corrected chi connectivity index (χ4v) is 5.27. The molecule has 3 heterocycles. The van der Waals surface area contributed by atoms with Crippen molar-refractivity contribution in [3.63, 3.8) is 0 Å². The molecule has 0 aromatic carbocycles. The number of nitrogens with zero attached hydrogens (tertiary/aromatic N) is 3. The van der Waals surface area contributed by atoms with E-state index in [4.69, 9.17) is 9.51 Å². The summed E-state index contributed by atoms with van der Waals surface area (Å²) < 4.78 is 6.82. The molecular weight excluding hydrogens is 342 g/mol. The zero-order valence-electron chi connectivity index (χ0n) is 13.4. The van der Waals surface area contributed by atoms with Gasteiger partial charge in [0.15, 0.2) is 5.16 Å². The summed E-state index contributed by atoms with van der Waals surface area (Å²) in [6.45, 7) is 6.11. The molecule has 0 bridgehead atoms. The molecule has 1 aliphatic carbocycles. The lowest BCUT2D eigenvalue weighted by atomic mass is 10.2. The van der Waals surface area contributed by atoms with Crippen LogP contribution in [0.4, 0.5) is 0 Å². The monoisotopic (exact) mass is 359 g/mol. The first kappa shape index (κ1) is 15.7. The summed E-state index contributed by atoms with van der Waals surface area (Å²) in [5.74, 6) is 1.41. The van der Waals surface area contributed by atoms with E-state index in [1.54, 1.807) is 22.0 Å². The Balaban J connectivity index is 1.77. The van der Waals surface area contributed by atoms with Gasteiger partial charge in [0.2, 0.25) is 0 Å². The van der Waals surface area contributed by atoms with Crippen LogP contribution in [0.5, 0.6) is 0 Å². The van der Waals surface area contributed by atoms with Gasteiger partial charge in [-0.1, -0.05) is 23.0 Å². The summed E-state index contributed by atoms with van der Waals surface area (Å²) in [6, 6.07) is 1.90. The van der Waals surface area contributed by atoms with Crippen LogP contribution in [0.15, 0.2) is 33.2 Å². The van der Waals surface area contributed by atoms with Crippen molar-refractivity contribution in [2.24, 2.45) is 0 Å². The Morgan fingerprint density at radius 2 is 2.38 bits per heavy atom. The number of hydrogen-bond donors (Lipinski definition) is 0. The van der Waals surface area contributed by atoms with E-state index in [-0.39, 0.29) is 5.56 Å². The normalized spacial score (nSPS) is 13.5. The van der Waals surface area contributed by atoms with Crippen LogP contribution in [0.3, 0.4) is 0 Å². The Bertz CT molecular complexity index is 984. The van der Waals surface area contributed by atoms with Crippen LogP contribution in [-0.4, -0.2) is 14.7 Å². The summed E-state index contributed by atoms with van der Waals surface area (Å²) in [6.07, 6.45) is 4.94. The van der Waals surface area contributed by atoms with E-state index < -0.39 is 0 Å². The summed E-state index contributed by atoms with van der Waals surface area (Å²) in [5, 5.41) is 5.53. The maximum Gasteiger partial charge on any atom is 0.263 e. The van der Waals surface area contributed by atoms with Crippen molar-refractivity contribution in [1.29, 1.82) is 0 Å². The SMILES string of the molecule is C=CCn1c(SCc2cc(C)on2)nc2sc3c(c2c1=O)CCC3. The number of rotatable bonds is 5. The number of fused-ring (bicyclic) bond motifs is 3. The van der Waals surface area contributed by atoms with Gasteiger partial charge in [0.1, 0.15) is 10.6 Å². The number of hydrogen-bond acceptors (Lipinski definition) is 6. The van der Waals surface area contributed by atoms with E-state index in [2.05, 4.69) is 11.7 Å². The quantitative estimate of drug-likeness (QED) is 0.395. The van der Waals surface area contributed by atoms with Crippen molar-refractivity contribution in [3.8, 4) is 0 Å². The number of thioether (sulfide) groups is 1. The second kappa shape index (κ2) is 6.22. The number of aryl methyl sites for hydroxylation is 3. The van der Waals surface area contributed by atoms with Crippen LogP contribution < -0.4 is 5.56 Å². The van der Waals surface area contributed by atoms with Crippen LogP contribution in [-0.2, 0) is 25.1 Å². The van der Waals surface area contributed by atoms with Crippen molar-refractivity contribution in [2.75, 3.05) is 0 Å². The zero-order valence-corrected chi connectivity index (χ0v) is 15.0. The molecule has 4 rings (SSSR count). The summed E-state index contributed by atoms with van der Waals surface area (Å²) in [4.78, 5) is 20.0. The molecule has 0 saturated carbocycles. The molecule has 7 heteroatoms. The van der Waals surface area contributed by atoms with Crippen molar-refractivity contribution < 1.29 is 4.52 Å². The Morgan fingerprint density at radius 3 is 3.12 bits per heavy atom. The molecule has 0 unspecified atom stereocenters. The topological polar surface area (TPSA) is 60.9 Å². The van der Waals surface area contributed by atoms with Crippen molar-refractivity contribution in [1.82, 2.24) is 14.7 Å². The smallest absolute Gasteiger partial charge is 0.263 e. The average molecular weight is 359 g/mol. The molecule has 0 N–H and O–H groups in total. The third-order valence-corrected chi connectivity index (χ3v) is 6.32. The molecule has 0 spiro atoms. The molecule has 3 aromatic heterocycles. The highest BCUT2D eigenvalue weighted by atomic mass is 32.2. The first-order valence-corrected chi connectivity index (χ1v) is 9.68. The molecule has 3 aromatic rings. The van der Waals surface area contributed by atoms with Crippen molar-refractivity contribution in [2.45, 2.75) is 43.6 Å². The molecular formula is C17H17N3O2S2. The third kappa shape index (κ3) is 2.61. The Hall–Kier alpha value is -1.86. The molecule has 0 saturated heterocycles. The van der Waals surface area contributed by atoms with Gasteiger partial charge >= 0.3 is 0 Å². The highest BCUT2D eigenvalue weighted by Crippen LogP contribution is 2.35.